The summed E-state index contributed by atoms with van der Waals surface area (Å²) in [5.41, 5.74) is -0.107. The van der Waals surface area contributed by atoms with Crippen LogP contribution >= 0.6 is 0 Å². The van der Waals surface area contributed by atoms with Crippen molar-refractivity contribution in [1.29, 1.82) is 0 Å². The molecule has 0 aromatic heterocycles. The average Bonchev–Trinajstić information content (AvgIpc) is 3.07. The lowest BCUT2D eigenvalue weighted by Crippen LogP contribution is -2.49. The molecule has 0 unspecified atom stereocenters. The van der Waals surface area contributed by atoms with E-state index in [1.165, 1.54) is 23.1 Å². The quantitative estimate of drug-likeness (QED) is 0.615. The first kappa shape index (κ1) is 16.7. The first-order valence-electron chi connectivity index (χ1n) is 7.62. The number of amides is 2. The van der Waals surface area contributed by atoms with E-state index in [-0.39, 0.29) is 30.3 Å². The van der Waals surface area contributed by atoms with E-state index in [2.05, 4.69) is 0 Å². The zero-order valence-electron chi connectivity index (χ0n) is 13.1. The van der Waals surface area contributed by atoms with Gasteiger partial charge in [0.15, 0.2) is 6.61 Å². The molecule has 1 N–H and O–H groups in total. The Labute approximate surface area is 141 Å². The molecule has 1 fully saturated rings. The molecular formula is C15H15N3O7. The summed E-state index contributed by atoms with van der Waals surface area (Å²) in [6.07, 6.45) is 0.933. The number of aliphatic carboxylic acids is 1. The number of rotatable bonds is 4. The Morgan fingerprint density at radius 2 is 2.16 bits per heavy atom. The molecule has 0 saturated carbocycles. The number of carbonyl (C=O) groups excluding carboxylic acids is 2. The van der Waals surface area contributed by atoms with Crippen molar-refractivity contribution in [2.24, 2.45) is 0 Å². The molecule has 10 nitrogen and oxygen atoms in total. The number of hydrogen-bond acceptors (Lipinski definition) is 6. The first-order chi connectivity index (χ1) is 11.9. The molecule has 1 aromatic rings. The molecule has 0 radical (unpaired) electrons. The summed E-state index contributed by atoms with van der Waals surface area (Å²) in [5.74, 6) is -1.87. The van der Waals surface area contributed by atoms with Gasteiger partial charge in [-0.15, -0.1) is 0 Å². The fourth-order valence-corrected chi connectivity index (χ4v) is 3.03. The van der Waals surface area contributed by atoms with Crippen molar-refractivity contribution in [2.45, 2.75) is 18.9 Å². The number of benzene rings is 1. The molecule has 2 aliphatic heterocycles. The second-order valence-electron chi connectivity index (χ2n) is 5.76. The Kier molecular flexibility index (Phi) is 4.26. The van der Waals surface area contributed by atoms with Gasteiger partial charge < -0.3 is 14.7 Å². The lowest BCUT2D eigenvalue weighted by atomic mass is 10.2. The molecule has 2 heterocycles. The molecule has 132 valence electrons. The van der Waals surface area contributed by atoms with Gasteiger partial charge >= 0.3 is 5.97 Å². The van der Waals surface area contributed by atoms with Crippen molar-refractivity contribution < 1.29 is 29.2 Å². The Morgan fingerprint density at radius 1 is 1.40 bits per heavy atom. The van der Waals surface area contributed by atoms with Gasteiger partial charge in [-0.2, -0.15) is 0 Å². The van der Waals surface area contributed by atoms with Crippen LogP contribution in [0.3, 0.4) is 0 Å². The number of hydrogen-bond donors (Lipinski definition) is 1. The summed E-state index contributed by atoms with van der Waals surface area (Å²) in [6, 6.07) is 2.87. The maximum atomic E-state index is 12.5. The van der Waals surface area contributed by atoms with Crippen molar-refractivity contribution in [3.8, 4) is 5.75 Å². The minimum absolute atomic E-state index is 0.130. The molecule has 0 bridgehead atoms. The first-order valence-corrected chi connectivity index (χ1v) is 7.62. The van der Waals surface area contributed by atoms with E-state index < -0.39 is 28.7 Å². The average molecular weight is 349 g/mol. The number of non-ortho nitro benzene ring substituents is 1. The smallest absolute Gasteiger partial charge is 0.326 e. The fraction of sp³-hybridized carbons (Fsp3) is 0.400. The number of nitrogens with zero attached hydrogens (tertiary/aromatic N) is 3. The third-order valence-corrected chi connectivity index (χ3v) is 4.25. The highest BCUT2D eigenvalue weighted by atomic mass is 16.6. The van der Waals surface area contributed by atoms with Crippen molar-refractivity contribution in [3.05, 3.63) is 28.3 Å². The fourth-order valence-electron chi connectivity index (χ4n) is 3.03. The SMILES string of the molecule is O=C(O)[C@@H]1CCCN1C(=O)CN1C(=O)COc2ccc([N+](=O)[O-])cc21. The number of fused-ring (bicyclic) bond motifs is 1. The van der Waals surface area contributed by atoms with Gasteiger partial charge in [-0.25, -0.2) is 4.79 Å². The summed E-state index contributed by atoms with van der Waals surface area (Å²) in [4.78, 5) is 48.5. The predicted molar refractivity (Wildman–Crippen MR) is 83.3 cm³/mol. The minimum Gasteiger partial charge on any atom is -0.482 e. The van der Waals surface area contributed by atoms with Crippen LogP contribution in [0.4, 0.5) is 11.4 Å². The van der Waals surface area contributed by atoms with Crippen LogP contribution in [0.2, 0.25) is 0 Å². The lowest BCUT2D eigenvalue weighted by molar-refractivity contribution is -0.384. The summed E-state index contributed by atoms with van der Waals surface area (Å²) in [6.45, 7) is -0.378. The standard InChI is InChI=1S/C15H15N3O7/c19-13(16-5-1-2-10(16)15(21)22)7-17-11-6-9(18(23)24)3-4-12(11)25-8-14(17)20/h3-4,6,10H,1-2,5,7-8H2,(H,21,22)/t10-/m0/s1. The number of ether oxygens (including phenoxy) is 1. The van der Waals surface area contributed by atoms with Crippen LogP contribution in [0.5, 0.6) is 5.75 Å². The number of anilines is 1. The van der Waals surface area contributed by atoms with E-state index in [0.29, 0.717) is 19.4 Å². The van der Waals surface area contributed by atoms with Crippen molar-refractivity contribution in [2.75, 3.05) is 24.6 Å². The molecule has 3 rings (SSSR count). The van der Waals surface area contributed by atoms with E-state index in [0.717, 1.165) is 4.90 Å². The van der Waals surface area contributed by atoms with Crippen LogP contribution in [0.15, 0.2) is 18.2 Å². The monoisotopic (exact) mass is 349 g/mol. The normalized spacial score (nSPS) is 19.4. The Morgan fingerprint density at radius 3 is 2.84 bits per heavy atom. The minimum atomic E-state index is -1.09. The number of carboxylic acids is 1. The van der Waals surface area contributed by atoms with Gasteiger partial charge in [-0.3, -0.25) is 24.6 Å². The number of carboxylic acid groups (broad SMARTS) is 1. The van der Waals surface area contributed by atoms with Crippen LogP contribution < -0.4 is 9.64 Å². The Bertz CT molecular complexity index is 763. The molecular weight excluding hydrogens is 334 g/mol. The van der Waals surface area contributed by atoms with Gasteiger partial charge in [0.1, 0.15) is 18.3 Å². The van der Waals surface area contributed by atoms with Crippen LogP contribution in [0, 0.1) is 10.1 Å². The topological polar surface area (TPSA) is 130 Å². The largest absolute Gasteiger partial charge is 0.482 e. The van der Waals surface area contributed by atoms with Gasteiger partial charge in [0, 0.05) is 18.7 Å². The highest BCUT2D eigenvalue weighted by Gasteiger charge is 2.36. The molecule has 2 aliphatic rings. The van der Waals surface area contributed by atoms with Gasteiger partial charge in [0.25, 0.3) is 11.6 Å². The summed E-state index contributed by atoms with van der Waals surface area (Å²) in [7, 11) is 0. The molecule has 2 amide bonds. The highest BCUT2D eigenvalue weighted by molar-refractivity contribution is 6.02. The molecule has 1 saturated heterocycles. The van der Waals surface area contributed by atoms with Crippen molar-refractivity contribution in [1.82, 2.24) is 4.90 Å². The predicted octanol–water partition coefficient (Wildman–Crippen LogP) is 0.396. The number of nitro groups is 1. The van der Waals surface area contributed by atoms with E-state index >= 15 is 0 Å². The highest BCUT2D eigenvalue weighted by Crippen LogP contribution is 2.35. The molecule has 0 spiro atoms. The van der Waals surface area contributed by atoms with Crippen molar-refractivity contribution in [3.63, 3.8) is 0 Å². The van der Waals surface area contributed by atoms with Crippen LogP contribution in [0.25, 0.3) is 0 Å². The van der Waals surface area contributed by atoms with Gasteiger partial charge in [0.05, 0.1) is 10.6 Å². The second-order valence-corrected chi connectivity index (χ2v) is 5.76. The van der Waals surface area contributed by atoms with E-state index in [1.54, 1.807) is 0 Å². The van der Waals surface area contributed by atoms with E-state index in [9.17, 15) is 29.6 Å². The molecule has 25 heavy (non-hydrogen) atoms. The third-order valence-electron chi connectivity index (χ3n) is 4.25. The van der Waals surface area contributed by atoms with Gasteiger partial charge in [-0.1, -0.05) is 0 Å². The van der Waals surface area contributed by atoms with Gasteiger partial charge in [0.2, 0.25) is 5.91 Å². The van der Waals surface area contributed by atoms with Gasteiger partial charge in [-0.05, 0) is 18.9 Å². The molecule has 10 heteroatoms. The van der Waals surface area contributed by atoms with Crippen LogP contribution in [0.1, 0.15) is 12.8 Å². The van der Waals surface area contributed by atoms with Crippen LogP contribution in [-0.2, 0) is 14.4 Å². The molecule has 0 aliphatic carbocycles. The van der Waals surface area contributed by atoms with Crippen LogP contribution in [-0.4, -0.2) is 58.5 Å². The number of likely N-dealkylation sites (tertiary alicyclic amines) is 1. The summed E-state index contributed by atoms with van der Waals surface area (Å²) in [5, 5.41) is 20.1. The zero-order valence-corrected chi connectivity index (χ0v) is 13.1. The Hall–Kier alpha value is -3.17. The van der Waals surface area contributed by atoms with E-state index in [4.69, 9.17) is 4.74 Å². The lowest BCUT2D eigenvalue weighted by Gasteiger charge is -2.31. The molecule has 1 atom stereocenters. The molecule has 1 aromatic carbocycles. The number of nitro benzene ring substituents is 1. The number of carbonyl (C=O) groups is 3. The Balaban J connectivity index is 1.86. The van der Waals surface area contributed by atoms with Crippen molar-refractivity contribution >= 4 is 29.2 Å². The summed E-state index contributed by atoms with van der Waals surface area (Å²) < 4.78 is 5.23. The maximum absolute atomic E-state index is 12.5. The third kappa shape index (κ3) is 3.10. The second kappa shape index (κ2) is 6.38. The maximum Gasteiger partial charge on any atom is 0.326 e. The van der Waals surface area contributed by atoms with E-state index in [1.807, 2.05) is 0 Å². The summed E-state index contributed by atoms with van der Waals surface area (Å²) >= 11 is 0. The zero-order chi connectivity index (χ0) is 18.1.